The molecule has 0 amide bonds. The van der Waals surface area contributed by atoms with Crippen LogP contribution >= 0.6 is 0 Å². The average Bonchev–Trinajstić information content (AvgIpc) is 3.25. The SMILES string of the molecule is O=C1OCc2ccc(S(=O)(=O)N3CCCC3Cc3cc(F)ccc3F)cc21. The highest BCUT2D eigenvalue weighted by atomic mass is 32.2. The van der Waals surface area contributed by atoms with Gasteiger partial charge in [-0.2, -0.15) is 4.31 Å². The minimum atomic E-state index is -3.87. The molecule has 5 nitrogen and oxygen atoms in total. The Morgan fingerprint density at radius 2 is 1.96 bits per heavy atom. The lowest BCUT2D eigenvalue weighted by Gasteiger charge is -2.24. The lowest BCUT2D eigenvalue weighted by atomic mass is 10.0. The Labute approximate surface area is 155 Å². The molecule has 1 unspecified atom stereocenters. The van der Waals surface area contributed by atoms with Gasteiger partial charge in [0.05, 0.1) is 10.5 Å². The van der Waals surface area contributed by atoms with Crippen LogP contribution in [-0.2, 0) is 27.8 Å². The molecule has 2 aliphatic heterocycles. The average molecular weight is 393 g/mol. The van der Waals surface area contributed by atoms with Crippen molar-refractivity contribution in [1.82, 2.24) is 4.31 Å². The highest BCUT2D eigenvalue weighted by Gasteiger charge is 2.36. The standard InChI is InChI=1S/C19H17F2NO4S/c20-14-4-6-18(21)13(8-14)9-15-2-1-7-22(15)27(24,25)16-5-3-12-11-26-19(23)17(12)10-16/h3-6,8,10,15H,1-2,7,9,11H2. The van der Waals surface area contributed by atoms with Crippen molar-refractivity contribution in [2.75, 3.05) is 6.54 Å². The van der Waals surface area contributed by atoms with Gasteiger partial charge in [-0.3, -0.25) is 0 Å². The van der Waals surface area contributed by atoms with Crippen LogP contribution in [0, 0.1) is 11.6 Å². The second-order valence-electron chi connectivity index (χ2n) is 6.75. The molecule has 8 heteroatoms. The molecule has 1 atom stereocenters. The summed E-state index contributed by atoms with van der Waals surface area (Å²) >= 11 is 0. The smallest absolute Gasteiger partial charge is 0.338 e. The zero-order valence-electron chi connectivity index (χ0n) is 14.3. The third kappa shape index (κ3) is 3.23. The van der Waals surface area contributed by atoms with E-state index in [0.29, 0.717) is 24.9 Å². The zero-order chi connectivity index (χ0) is 19.2. The summed E-state index contributed by atoms with van der Waals surface area (Å²) in [7, 11) is -3.87. The van der Waals surface area contributed by atoms with E-state index in [4.69, 9.17) is 4.74 Å². The van der Waals surface area contributed by atoms with E-state index in [1.54, 1.807) is 6.07 Å². The van der Waals surface area contributed by atoms with Crippen LogP contribution in [-0.4, -0.2) is 31.3 Å². The van der Waals surface area contributed by atoms with E-state index in [-0.39, 0.29) is 29.1 Å². The van der Waals surface area contributed by atoms with Gasteiger partial charge in [0, 0.05) is 18.2 Å². The van der Waals surface area contributed by atoms with E-state index < -0.39 is 33.7 Å². The van der Waals surface area contributed by atoms with Gasteiger partial charge in [0.2, 0.25) is 10.0 Å². The van der Waals surface area contributed by atoms with Crippen LogP contribution in [0.2, 0.25) is 0 Å². The number of benzene rings is 2. The Hall–Kier alpha value is -2.32. The first-order valence-electron chi connectivity index (χ1n) is 8.62. The number of carbonyl (C=O) groups is 1. The number of fused-ring (bicyclic) bond motifs is 1. The monoisotopic (exact) mass is 393 g/mol. The van der Waals surface area contributed by atoms with Gasteiger partial charge in [-0.1, -0.05) is 6.07 Å². The number of esters is 1. The first kappa shape index (κ1) is 18.1. The molecule has 2 aromatic carbocycles. The van der Waals surface area contributed by atoms with Crippen LogP contribution in [0.3, 0.4) is 0 Å². The van der Waals surface area contributed by atoms with Crippen molar-refractivity contribution in [2.24, 2.45) is 0 Å². The van der Waals surface area contributed by atoms with Crippen molar-refractivity contribution >= 4 is 16.0 Å². The molecule has 2 aromatic rings. The summed E-state index contributed by atoms with van der Waals surface area (Å²) < 4.78 is 59.8. The maximum Gasteiger partial charge on any atom is 0.338 e. The lowest BCUT2D eigenvalue weighted by Crippen LogP contribution is -2.37. The number of nitrogens with zero attached hydrogens (tertiary/aromatic N) is 1. The van der Waals surface area contributed by atoms with Crippen LogP contribution in [0.25, 0.3) is 0 Å². The molecule has 0 spiro atoms. The van der Waals surface area contributed by atoms with Gasteiger partial charge in [-0.25, -0.2) is 22.0 Å². The van der Waals surface area contributed by atoms with Crippen LogP contribution in [0.1, 0.15) is 34.3 Å². The number of halogens is 2. The first-order valence-corrected chi connectivity index (χ1v) is 10.1. The van der Waals surface area contributed by atoms with Gasteiger partial charge >= 0.3 is 5.97 Å². The maximum absolute atomic E-state index is 14.0. The number of ether oxygens (including phenoxy) is 1. The van der Waals surface area contributed by atoms with E-state index in [9.17, 15) is 22.0 Å². The predicted molar refractivity (Wildman–Crippen MR) is 92.5 cm³/mol. The van der Waals surface area contributed by atoms with Crippen molar-refractivity contribution in [3.63, 3.8) is 0 Å². The summed E-state index contributed by atoms with van der Waals surface area (Å²) in [6, 6.07) is 7.07. The highest BCUT2D eigenvalue weighted by molar-refractivity contribution is 7.89. The second kappa shape index (κ2) is 6.69. The van der Waals surface area contributed by atoms with Gasteiger partial charge in [-0.05, 0) is 55.2 Å². The fourth-order valence-corrected chi connectivity index (χ4v) is 5.39. The van der Waals surface area contributed by atoms with Crippen molar-refractivity contribution < 1.29 is 26.7 Å². The molecule has 0 N–H and O–H groups in total. The van der Waals surface area contributed by atoms with E-state index in [1.807, 2.05) is 0 Å². The quantitative estimate of drug-likeness (QED) is 0.749. The van der Waals surface area contributed by atoms with Crippen LogP contribution < -0.4 is 0 Å². The molecule has 2 aliphatic rings. The summed E-state index contributed by atoms with van der Waals surface area (Å²) in [5, 5.41) is 0. The Bertz CT molecular complexity index is 1020. The number of cyclic esters (lactones) is 1. The Balaban J connectivity index is 1.64. The fraction of sp³-hybridized carbons (Fsp3) is 0.316. The van der Waals surface area contributed by atoms with Gasteiger partial charge in [0.15, 0.2) is 0 Å². The fourth-order valence-electron chi connectivity index (χ4n) is 3.67. The minimum Gasteiger partial charge on any atom is -0.457 e. The molecule has 1 fully saturated rings. The molecule has 4 rings (SSSR count). The van der Waals surface area contributed by atoms with Crippen LogP contribution in [0.5, 0.6) is 0 Å². The Kier molecular flexibility index (Phi) is 4.47. The zero-order valence-corrected chi connectivity index (χ0v) is 15.1. The molecule has 0 radical (unpaired) electrons. The van der Waals surface area contributed by atoms with E-state index in [2.05, 4.69) is 0 Å². The molecule has 0 saturated carbocycles. The van der Waals surface area contributed by atoms with Crippen molar-refractivity contribution in [1.29, 1.82) is 0 Å². The van der Waals surface area contributed by atoms with Crippen molar-refractivity contribution in [2.45, 2.75) is 36.8 Å². The van der Waals surface area contributed by atoms with Crippen molar-refractivity contribution in [3.8, 4) is 0 Å². The summed E-state index contributed by atoms with van der Waals surface area (Å²) in [6.07, 6.45) is 1.28. The topological polar surface area (TPSA) is 63.7 Å². The number of hydrogen-bond acceptors (Lipinski definition) is 4. The van der Waals surface area contributed by atoms with Gasteiger partial charge in [0.1, 0.15) is 18.2 Å². The molecule has 0 aromatic heterocycles. The van der Waals surface area contributed by atoms with Gasteiger partial charge < -0.3 is 4.74 Å². The Morgan fingerprint density at radius 3 is 2.78 bits per heavy atom. The molecular formula is C19H17F2NO4S. The Morgan fingerprint density at radius 1 is 1.15 bits per heavy atom. The second-order valence-corrected chi connectivity index (χ2v) is 8.64. The third-order valence-corrected chi connectivity index (χ3v) is 7.00. The number of carbonyl (C=O) groups excluding carboxylic acids is 1. The number of hydrogen-bond donors (Lipinski definition) is 0. The predicted octanol–water partition coefficient (Wildman–Crippen LogP) is 3.03. The summed E-state index contributed by atoms with van der Waals surface area (Å²) in [4.78, 5) is 11.7. The van der Waals surface area contributed by atoms with E-state index in [0.717, 1.165) is 18.2 Å². The summed E-state index contributed by atoms with van der Waals surface area (Å²) in [5.74, 6) is -1.65. The number of sulfonamides is 1. The lowest BCUT2D eigenvalue weighted by molar-refractivity contribution is 0.0535. The third-order valence-electron chi connectivity index (χ3n) is 5.05. The van der Waals surface area contributed by atoms with Gasteiger partial charge in [0.25, 0.3) is 0 Å². The van der Waals surface area contributed by atoms with E-state index >= 15 is 0 Å². The highest BCUT2D eigenvalue weighted by Crippen LogP contribution is 2.31. The summed E-state index contributed by atoms with van der Waals surface area (Å²) in [6.45, 7) is 0.436. The first-order chi connectivity index (χ1) is 12.9. The van der Waals surface area contributed by atoms with Crippen LogP contribution in [0.15, 0.2) is 41.3 Å². The normalized spacial score (nSPS) is 19.9. The maximum atomic E-state index is 14.0. The molecule has 2 heterocycles. The number of rotatable bonds is 4. The largest absolute Gasteiger partial charge is 0.457 e. The van der Waals surface area contributed by atoms with Crippen LogP contribution in [0.4, 0.5) is 8.78 Å². The van der Waals surface area contributed by atoms with E-state index in [1.165, 1.54) is 16.4 Å². The summed E-state index contributed by atoms with van der Waals surface area (Å²) in [5.41, 5.74) is 1.06. The molecule has 0 aliphatic carbocycles. The molecule has 142 valence electrons. The van der Waals surface area contributed by atoms with Crippen molar-refractivity contribution in [3.05, 3.63) is 64.7 Å². The molecule has 1 saturated heterocycles. The molecular weight excluding hydrogens is 376 g/mol. The molecule has 27 heavy (non-hydrogen) atoms. The minimum absolute atomic E-state index is 0.00622. The molecule has 0 bridgehead atoms. The van der Waals surface area contributed by atoms with Gasteiger partial charge in [-0.15, -0.1) is 0 Å².